The molecule has 2 aromatic heterocycles. The molecule has 0 N–H and O–H groups in total. The van der Waals surface area contributed by atoms with Gasteiger partial charge in [-0.15, -0.1) is 0 Å². The molecular weight excluding hydrogens is 330 g/mol. The smallest absolute Gasteiger partial charge is 0.257 e. The van der Waals surface area contributed by atoms with Crippen molar-refractivity contribution in [2.45, 2.75) is 25.7 Å². The molecule has 0 saturated carbocycles. The molecule has 0 aliphatic carbocycles. The van der Waals surface area contributed by atoms with Crippen LogP contribution in [-0.2, 0) is 11.2 Å². The first-order chi connectivity index (χ1) is 12.7. The quantitative estimate of drug-likeness (QED) is 0.850. The zero-order chi connectivity index (χ0) is 18.0. The molecule has 0 bridgehead atoms. The molecule has 2 aliphatic rings. The Bertz CT molecular complexity index is 775. The van der Waals surface area contributed by atoms with E-state index in [0.29, 0.717) is 18.5 Å². The van der Waals surface area contributed by atoms with Gasteiger partial charge in [0.1, 0.15) is 6.26 Å². The molecule has 2 aliphatic heterocycles. The molecule has 1 spiro atoms. The molecule has 0 radical (unpaired) electrons. The highest BCUT2D eigenvalue weighted by atomic mass is 16.3. The molecule has 136 valence electrons. The summed E-state index contributed by atoms with van der Waals surface area (Å²) in [5.41, 5.74) is 1.57. The van der Waals surface area contributed by atoms with E-state index in [1.165, 1.54) is 12.5 Å². The first-order valence-corrected chi connectivity index (χ1v) is 9.13. The van der Waals surface area contributed by atoms with E-state index < -0.39 is 0 Å². The molecule has 6 nitrogen and oxygen atoms in total. The van der Waals surface area contributed by atoms with Crippen molar-refractivity contribution in [1.29, 1.82) is 0 Å². The van der Waals surface area contributed by atoms with Crippen LogP contribution in [0.1, 0.15) is 35.2 Å². The monoisotopic (exact) mass is 353 g/mol. The number of rotatable bonds is 3. The number of amides is 2. The standard InChI is InChI=1S/C20H23N3O3/c24-18(11-16-3-1-7-21-12-16)22-8-2-5-20(14-22)6-9-23(15-20)19(25)17-4-10-26-13-17/h1,3-4,7,10,12-13H,2,5-6,8-9,11,14-15H2/t20-/m0/s1. The van der Waals surface area contributed by atoms with Crippen LogP contribution in [0.15, 0.2) is 47.5 Å². The average Bonchev–Trinajstić information content (AvgIpc) is 3.33. The molecule has 26 heavy (non-hydrogen) atoms. The maximum atomic E-state index is 12.7. The van der Waals surface area contributed by atoms with Crippen LogP contribution in [0.2, 0.25) is 0 Å². The number of nitrogens with zero attached hydrogens (tertiary/aromatic N) is 3. The van der Waals surface area contributed by atoms with E-state index in [2.05, 4.69) is 4.98 Å². The summed E-state index contributed by atoms with van der Waals surface area (Å²) in [6.45, 7) is 3.00. The van der Waals surface area contributed by atoms with Gasteiger partial charge in [0.25, 0.3) is 5.91 Å². The zero-order valence-electron chi connectivity index (χ0n) is 14.8. The number of likely N-dealkylation sites (tertiary alicyclic amines) is 2. The summed E-state index contributed by atoms with van der Waals surface area (Å²) in [5, 5.41) is 0. The van der Waals surface area contributed by atoms with Crippen molar-refractivity contribution in [2.75, 3.05) is 26.2 Å². The molecule has 4 heterocycles. The lowest BCUT2D eigenvalue weighted by molar-refractivity contribution is -0.133. The van der Waals surface area contributed by atoms with Crippen molar-refractivity contribution in [3.05, 3.63) is 54.2 Å². The third-order valence-corrected chi connectivity index (χ3v) is 5.59. The normalized spacial score (nSPS) is 22.8. The van der Waals surface area contributed by atoms with Crippen LogP contribution in [0.3, 0.4) is 0 Å². The first-order valence-electron chi connectivity index (χ1n) is 9.13. The SMILES string of the molecule is O=C(Cc1cccnc1)N1CCC[C@]2(CCN(C(=O)c3ccoc3)C2)C1. The van der Waals surface area contributed by atoms with E-state index in [4.69, 9.17) is 4.42 Å². The number of aromatic nitrogens is 1. The second-order valence-corrected chi connectivity index (χ2v) is 7.45. The number of carbonyl (C=O) groups excluding carboxylic acids is 2. The Labute approximate surface area is 152 Å². The topological polar surface area (TPSA) is 66.7 Å². The second-order valence-electron chi connectivity index (χ2n) is 7.45. The van der Waals surface area contributed by atoms with Crippen molar-refractivity contribution in [1.82, 2.24) is 14.8 Å². The number of hydrogen-bond donors (Lipinski definition) is 0. The highest BCUT2D eigenvalue weighted by Gasteiger charge is 2.43. The molecule has 2 saturated heterocycles. The van der Waals surface area contributed by atoms with Gasteiger partial charge in [-0.2, -0.15) is 0 Å². The number of piperidine rings is 1. The van der Waals surface area contributed by atoms with Gasteiger partial charge in [-0.3, -0.25) is 14.6 Å². The Hall–Kier alpha value is -2.63. The van der Waals surface area contributed by atoms with Crippen molar-refractivity contribution in [3.8, 4) is 0 Å². The van der Waals surface area contributed by atoms with Crippen LogP contribution < -0.4 is 0 Å². The maximum absolute atomic E-state index is 12.7. The lowest BCUT2D eigenvalue weighted by Gasteiger charge is -2.40. The first kappa shape index (κ1) is 16.8. The van der Waals surface area contributed by atoms with Crippen molar-refractivity contribution < 1.29 is 14.0 Å². The minimum Gasteiger partial charge on any atom is -0.472 e. The van der Waals surface area contributed by atoms with E-state index in [0.717, 1.165) is 44.5 Å². The largest absolute Gasteiger partial charge is 0.472 e. The third kappa shape index (κ3) is 3.36. The Morgan fingerprint density at radius 1 is 1.15 bits per heavy atom. The van der Waals surface area contributed by atoms with Gasteiger partial charge in [0.15, 0.2) is 0 Å². The van der Waals surface area contributed by atoms with Crippen molar-refractivity contribution >= 4 is 11.8 Å². The average molecular weight is 353 g/mol. The van der Waals surface area contributed by atoms with E-state index in [1.54, 1.807) is 18.5 Å². The van der Waals surface area contributed by atoms with E-state index in [1.807, 2.05) is 21.9 Å². The van der Waals surface area contributed by atoms with Crippen LogP contribution >= 0.6 is 0 Å². The molecule has 0 aromatic carbocycles. The summed E-state index contributed by atoms with van der Waals surface area (Å²) in [7, 11) is 0. The Kier molecular flexibility index (Phi) is 4.49. The Balaban J connectivity index is 1.40. The fourth-order valence-electron chi connectivity index (χ4n) is 4.22. The number of pyridine rings is 1. The second kappa shape index (κ2) is 6.94. The van der Waals surface area contributed by atoms with Crippen LogP contribution in [0.5, 0.6) is 0 Å². The molecular formula is C20H23N3O3. The molecule has 2 amide bonds. The molecule has 4 rings (SSSR count). The van der Waals surface area contributed by atoms with Gasteiger partial charge in [0.05, 0.1) is 18.2 Å². The number of hydrogen-bond acceptors (Lipinski definition) is 4. The predicted molar refractivity (Wildman–Crippen MR) is 95.4 cm³/mol. The van der Waals surface area contributed by atoms with Crippen LogP contribution in [-0.4, -0.2) is 52.8 Å². The van der Waals surface area contributed by atoms with Gasteiger partial charge < -0.3 is 14.2 Å². The molecule has 2 aromatic rings. The van der Waals surface area contributed by atoms with Gasteiger partial charge in [0.2, 0.25) is 5.91 Å². The Morgan fingerprint density at radius 2 is 2.04 bits per heavy atom. The summed E-state index contributed by atoms with van der Waals surface area (Å²) >= 11 is 0. The number of carbonyl (C=O) groups is 2. The minimum atomic E-state index is 0.0226. The van der Waals surface area contributed by atoms with Gasteiger partial charge in [-0.25, -0.2) is 0 Å². The Morgan fingerprint density at radius 3 is 2.81 bits per heavy atom. The van der Waals surface area contributed by atoms with Crippen LogP contribution in [0.4, 0.5) is 0 Å². The van der Waals surface area contributed by atoms with Crippen LogP contribution in [0.25, 0.3) is 0 Å². The summed E-state index contributed by atoms with van der Waals surface area (Å²) in [6, 6.07) is 5.50. The van der Waals surface area contributed by atoms with Gasteiger partial charge in [-0.05, 0) is 37.0 Å². The van der Waals surface area contributed by atoms with E-state index >= 15 is 0 Å². The highest BCUT2D eigenvalue weighted by molar-refractivity contribution is 5.94. The summed E-state index contributed by atoms with van der Waals surface area (Å²) in [5.74, 6) is 0.172. The summed E-state index contributed by atoms with van der Waals surface area (Å²) in [6.07, 6.45) is 9.89. The van der Waals surface area contributed by atoms with Crippen molar-refractivity contribution in [2.24, 2.45) is 5.41 Å². The molecule has 0 unspecified atom stereocenters. The molecule has 1 atom stereocenters. The van der Waals surface area contributed by atoms with Gasteiger partial charge in [0, 0.05) is 44.0 Å². The number of furan rings is 1. The fourth-order valence-corrected chi connectivity index (χ4v) is 4.22. The lowest BCUT2D eigenvalue weighted by atomic mass is 9.79. The molecule has 2 fully saturated rings. The van der Waals surface area contributed by atoms with Crippen LogP contribution in [0, 0.1) is 5.41 Å². The van der Waals surface area contributed by atoms with Gasteiger partial charge >= 0.3 is 0 Å². The third-order valence-electron chi connectivity index (χ3n) is 5.59. The maximum Gasteiger partial charge on any atom is 0.257 e. The lowest BCUT2D eigenvalue weighted by Crippen LogP contribution is -2.48. The summed E-state index contributed by atoms with van der Waals surface area (Å²) in [4.78, 5) is 33.2. The highest BCUT2D eigenvalue weighted by Crippen LogP contribution is 2.39. The minimum absolute atomic E-state index is 0.0226. The van der Waals surface area contributed by atoms with E-state index in [-0.39, 0.29) is 17.2 Å². The van der Waals surface area contributed by atoms with Crippen molar-refractivity contribution in [3.63, 3.8) is 0 Å². The van der Waals surface area contributed by atoms with Gasteiger partial charge in [-0.1, -0.05) is 6.07 Å². The summed E-state index contributed by atoms with van der Waals surface area (Å²) < 4.78 is 5.03. The predicted octanol–water partition coefficient (Wildman–Crippen LogP) is 2.37. The fraction of sp³-hybridized carbons (Fsp3) is 0.450. The molecule has 6 heteroatoms. The zero-order valence-corrected chi connectivity index (χ0v) is 14.8. The van der Waals surface area contributed by atoms with E-state index in [9.17, 15) is 9.59 Å².